The van der Waals surface area contributed by atoms with Crippen molar-refractivity contribution in [2.24, 2.45) is 0 Å². The lowest BCUT2D eigenvalue weighted by molar-refractivity contribution is -0.117. The fourth-order valence-corrected chi connectivity index (χ4v) is 3.76. The van der Waals surface area contributed by atoms with Gasteiger partial charge in [0.15, 0.2) is 0 Å². The average molecular weight is 344 g/mol. The topological polar surface area (TPSA) is 58.6 Å². The smallest absolute Gasteiger partial charge is 0.337 e. The molecular weight excluding hydrogens is 324 g/mol. The molecule has 0 saturated carbocycles. The lowest BCUT2D eigenvalue weighted by Gasteiger charge is -2.23. The summed E-state index contributed by atoms with van der Waals surface area (Å²) in [5, 5.41) is 7.13. The van der Waals surface area contributed by atoms with Crippen LogP contribution in [0.2, 0.25) is 0 Å². The third-order valence-corrected chi connectivity index (χ3v) is 4.93. The van der Waals surface area contributed by atoms with Gasteiger partial charge in [-0.15, -0.1) is 0 Å². The third-order valence-electron chi connectivity index (χ3n) is 4.23. The zero-order chi connectivity index (χ0) is 16.9. The number of rotatable bonds is 5. The van der Waals surface area contributed by atoms with E-state index in [0.717, 1.165) is 19.4 Å². The second kappa shape index (κ2) is 7.59. The van der Waals surface area contributed by atoms with Crippen LogP contribution in [0.5, 0.6) is 0 Å². The Morgan fingerprint density at radius 2 is 2.08 bits per heavy atom. The van der Waals surface area contributed by atoms with Crippen LogP contribution in [0.3, 0.4) is 0 Å². The molecule has 2 aromatic rings. The molecule has 1 aliphatic rings. The van der Waals surface area contributed by atoms with E-state index in [1.807, 2.05) is 0 Å². The van der Waals surface area contributed by atoms with Gasteiger partial charge in [0, 0.05) is 11.7 Å². The Morgan fingerprint density at radius 1 is 1.29 bits per heavy atom. The molecule has 1 atom stereocenters. The summed E-state index contributed by atoms with van der Waals surface area (Å²) < 4.78 is 4.66. The summed E-state index contributed by atoms with van der Waals surface area (Å²) >= 11 is 1.69. The molecule has 126 valence electrons. The van der Waals surface area contributed by atoms with Gasteiger partial charge in [-0.05, 0) is 66.0 Å². The van der Waals surface area contributed by atoms with Crippen molar-refractivity contribution < 1.29 is 14.3 Å². The molecule has 5 nitrogen and oxygen atoms in total. The summed E-state index contributed by atoms with van der Waals surface area (Å²) in [6, 6.07) is 9.19. The van der Waals surface area contributed by atoms with Crippen LogP contribution in [-0.2, 0) is 9.53 Å². The Morgan fingerprint density at radius 3 is 2.75 bits per heavy atom. The van der Waals surface area contributed by atoms with Gasteiger partial charge in [0.1, 0.15) is 0 Å². The molecule has 1 aromatic carbocycles. The number of likely N-dealkylation sites (tertiary alicyclic amines) is 1. The molecule has 0 aliphatic carbocycles. The van der Waals surface area contributed by atoms with Crippen LogP contribution in [0.4, 0.5) is 5.69 Å². The number of methoxy groups -OCH3 is 1. The Kier molecular flexibility index (Phi) is 5.27. The first kappa shape index (κ1) is 16.7. The first-order valence-electron chi connectivity index (χ1n) is 7.92. The summed E-state index contributed by atoms with van der Waals surface area (Å²) in [7, 11) is 1.35. The SMILES string of the molecule is COC(=O)c1ccc(NC(=O)CN2CCC[C@@H]2c2ccsc2)cc1. The molecule has 1 aliphatic heterocycles. The molecule has 2 heterocycles. The number of ether oxygens (including phenoxy) is 1. The number of hydrogen-bond donors (Lipinski definition) is 1. The first-order valence-corrected chi connectivity index (χ1v) is 8.86. The highest BCUT2D eigenvalue weighted by atomic mass is 32.1. The van der Waals surface area contributed by atoms with E-state index in [2.05, 4.69) is 31.8 Å². The number of nitrogens with zero attached hydrogens (tertiary/aromatic N) is 1. The highest BCUT2D eigenvalue weighted by molar-refractivity contribution is 7.07. The number of anilines is 1. The zero-order valence-electron chi connectivity index (χ0n) is 13.5. The molecule has 0 radical (unpaired) electrons. The fraction of sp³-hybridized carbons (Fsp3) is 0.333. The van der Waals surface area contributed by atoms with Crippen molar-refractivity contribution in [2.45, 2.75) is 18.9 Å². The van der Waals surface area contributed by atoms with Gasteiger partial charge in [-0.3, -0.25) is 9.69 Å². The summed E-state index contributed by atoms with van der Waals surface area (Å²) in [4.78, 5) is 25.9. The van der Waals surface area contributed by atoms with Gasteiger partial charge < -0.3 is 10.1 Å². The number of carbonyl (C=O) groups excluding carboxylic acids is 2. The van der Waals surface area contributed by atoms with Crippen LogP contribution in [0.1, 0.15) is 34.8 Å². The van der Waals surface area contributed by atoms with Gasteiger partial charge in [-0.2, -0.15) is 11.3 Å². The number of thiophene rings is 1. The fourth-order valence-electron chi connectivity index (χ4n) is 3.05. The monoisotopic (exact) mass is 344 g/mol. The Bertz CT molecular complexity index is 698. The van der Waals surface area contributed by atoms with Gasteiger partial charge in [0.25, 0.3) is 0 Å². The van der Waals surface area contributed by atoms with Crippen LogP contribution in [-0.4, -0.2) is 37.0 Å². The number of carbonyl (C=O) groups is 2. The van der Waals surface area contributed by atoms with Gasteiger partial charge in [0.2, 0.25) is 5.91 Å². The maximum atomic E-state index is 12.3. The number of hydrogen-bond acceptors (Lipinski definition) is 5. The molecule has 1 N–H and O–H groups in total. The standard InChI is InChI=1S/C18H20N2O3S/c1-23-18(22)13-4-6-15(7-5-13)19-17(21)11-20-9-2-3-16(20)14-8-10-24-12-14/h4-8,10,12,16H,2-3,9,11H2,1H3,(H,19,21)/t16-/m1/s1. The summed E-state index contributed by atoms with van der Waals surface area (Å²) in [5.41, 5.74) is 2.44. The van der Waals surface area contributed by atoms with Crippen molar-refractivity contribution in [3.8, 4) is 0 Å². The van der Waals surface area contributed by atoms with Crippen molar-refractivity contribution in [2.75, 3.05) is 25.5 Å². The van der Waals surface area contributed by atoms with Crippen molar-refractivity contribution in [1.29, 1.82) is 0 Å². The van der Waals surface area contributed by atoms with E-state index in [4.69, 9.17) is 0 Å². The van der Waals surface area contributed by atoms with E-state index in [1.54, 1.807) is 35.6 Å². The van der Waals surface area contributed by atoms with Gasteiger partial charge >= 0.3 is 5.97 Å². The van der Waals surface area contributed by atoms with E-state index in [-0.39, 0.29) is 11.9 Å². The molecule has 0 bridgehead atoms. The minimum atomic E-state index is -0.386. The molecular formula is C18H20N2O3S. The summed E-state index contributed by atoms with van der Waals surface area (Å²) in [6.45, 7) is 1.31. The number of benzene rings is 1. The van der Waals surface area contributed by atoms with Crippen LogP contribution >= 0.6 is 11.3 Å². The lowest BCUT2D eigenvalue weighted by atomic mass is 10.1. The quantitative estimate of drug-likeness (QED) is 0.846. The minimum absolute atomic E-state index is 0.0389. The van der Waals surface area contributed by atoms with E-state index >= 15 is 0 Å². The molecule has 24 heavy (non-hydrogen) atoms. The van der Waals surface area contributed by atoms with Gasteiger partial charge in [0.05, 0.1) is 19.2 Å². The molecule has 0 spiro atoms. The third kappa shape index (κ3) is 3.83. The van der Waals surface area contributed by atoms with Crippen molar-refractivity contribution in [1.82, 2.24) is 4.90 Å². The maximum absolute atomic E-state index is 12.3. The molecule has 3 rings (SSSR count). The average Bonchev–Trinajstić information content (AvgIpc) is 3.26. The largest absolute Gasteiger partial charge is 0.465 e. The maximum Gasteiger partial charge on any atom is 0.337 e. The number of nitrogens with one attached hydrogen (secondary N) is 1. The Labute approximate surface area is 145 Å². The highest BCUT2D eigenvalue weighted by Gasteiger charge is 2.27. The lowest BCUT2D eigenvalue weighted by Crippen LogP contribution is -2.32. The predicted molar refractivity (Wildman–Crippen MR) is 94.3 cm³/mol. The second-order valence-electron chi connectivity index (χ2n) is 5.80. The van der Waals surface area contributed by atoms with E-state index < -0.39 is 0 Å². The summed E-state index contributed by atoms with van der Waals surface area (Å²) in [6.07, 6.45) is 2.21. The van der Waals surface area contributed by atoms with E-state index in [0.29, 0.717) is 23.8 Å². The Hall–Kier alpha value is -2.18. The van der Waals surface area contributed by atoms with Gasteiger partial charge in [-0.1, -0.05) is 0 Å². The van der Waals surface area contributed by atoms with E-state index in [1.165, 1.54) is 12.7 Å². The molecule has 0 unspecified atom stereocenters. The van der Waals surface area contributed by atoms with Crippen LogP contribution in [0, 0.1) is 0 Å². The molecule has 1 aromatic heterocycles. The summed E-state index contributed by atoms with van der Waals surface area (Å²) in [5.74, 6) is -0.425. The number of esters is 1. The van der Waals surface area contributed by atoms with Crippen molar-refractivity contribution in [3.05, 3.63) is 52.2 Å². The van der Waals surface area contributed by atoms with Crippen molar-refractivity contribution in [3.63, 3.8) is 0 Å². The first-order chi connectivity index (χ1) is 11.7. The molecule has 6 heteroatoms. The zero-order valence-corrected chi connectivity index (χ0v) is 14.3. The normalized spacial score (nSPS) is 17.6. The second-order valence-corrected chi connectivity index (χ2v) is 6.58. The van der Waals surface area contributed by atoms with Crippen LogP contribution in [0.15, 0.2) is 41.1 Å². The highest BCUT2D eigenvalue weighted by Crippen LogP contribution is 2.32. The molecule has 1 amide bonds. The minimum Gasteiger partial charge on any atom is -0.465 e. The predicted octanol–water partition coefficient (Wildman–Crippen LogP) is 3.31. The van der Waals surface area contributed by atoms with Gasteiger partial charge in [-0.25, -0.2) is 4.79 Å². The molecule has 1 saturated heterocycles. The van der Waals surface area contributed by atoms with Crippen LogP contribution in [0.25, 0.3) is 0 Å². The van der Waals surface area contributed by atoms with Crippen LogP contribution < -0.4 is 5.32 Å². The Balaban J connectivity index is 1.58. The number of amides is 1. The van der Waals surface area contributed by atoms with Crippen molar-refractivity contribution >= 4 is 28.9 Å². The van der Waals surface area contributed by atoms with E-state index in [9.17, 15) is 9.59 Å². The molecule has 1 fully saturated rings.